The van der Waals surface area contributed by atoms with E-state index in [9.17, 15) is 13.2 Å². The van der Waals surface area contributed by atoms with E-state index < -0.39 is 11.7 Å². The Kier molecular flexibility index (Phi) is 3.57. The zero-order valence-corrected chi connectivity index (χ0v) is 9.96. The Morgan fingerprint density at radius 3 is 2.11 bits per heavy atom. The van der Waals surface area contributed by atoms with Crippen LogP contribution in [0.1, 0.15) is 11.1 Å². The van der Waals surface area contributed by atoms with Gasteiger partial charge >= 0.3 is 6.18 Å². The summed E-state index contributed by atoms with van der Waals surface area (Å²) < 4.78 is 37.2. The molecule has 0 saturated heterocycles. The third kappa shape index (κ3) is 2.82. The third-order valence-corrected chi connectivity index (χ3v) is 2.80. The van der Waals surface area contributed by atoms with Gasteiger partial charge in [0.25, 0.3) is 0 Å². The van der Waals surface area contributed by atoms with Gasteiger partial charge in [-0.15, -0.1) is 11.6 Å². The number of nitrogens with zero attached hydrogens (tertiary/aromatic N) is 1. The van der Waals surface area contributed by atoms with Gasteiger partial charge in [0.15, 0.2) is 0 Å². The Labute approximate surface area is 107 Å². The Balaban J connectivity index is 2.28. The van der Waals surface area contributed by atoms with Crippen LogP contribution in [0.25, 0.3) is 11.3 Å². The van der Waals surface area contributed by atoms with Gasteiger partial charge in [0.05, 0.1) is 11.3 Å². The fraction of sp³-hybridized carbons (Fsp3) is 0.154. The van der Waals surface area contributed by atoms with Crippen molar-refractivity contribution in [3.8, 4) is 11.3 Å². The molecule has 5 heteroatoms. The fourth-order valence-electron chi connectivity index (χ4n) is 1.50. The molecule has 1 heterocycles. The average Bonchev–Trinajstić information content (AvgIpc) is 2.38. The van der Waals surface area contributed by atoms with Gasteiger partial charge in [-0.05, 0) is 23.8 Å². The van der Waals surface area contributed by atoms with Crippen LogP contribution in [0, 0.1) is 0 Å². The number of halogens is 4. The van der Waals surface area contributed by atoms with E-state index in [4.69, 9.17) is 11.6 Å². The topological polar surface area (TPSA) is 12.9 Å². The van der Waals surface area contributed by atoms with E-state index in [1.54, 1.807) is 18.3 Å². The summed E-state index contributed by atoms with van der Waals surface area (Å²) >= 11 is 5.63. The molecule has 0 saturated carbocycles. The molecule has 1 nitrogen and oxygen atoms in total. The SMILES string of the molecule is FC(F)(F)c1ccc(-c2ccc(CCl)cn2)cc1. The monoisotopic (exact) mass is 271 g/mol. The van der Waals surface area contributed by atoms with E-state index >= 15 is 0 Å². The summed E-state index contributed by atoms with van der Waals surface area (Å²) in [6, 6.07) is 8.45. The lowest BCUT2D eigenvalue weighted by molar-refractivity contribution is -0.137. The second kappa shape index (κ2) is 4.98. The first kappa shape index (κ1) is 12.9. The third-order valence-electron chi connectivity index (χ3n) is 2.49. The van der Waals surface area contributed by atoms with E-state index in [0.717, 1.165) is 17.7 Å². The molecule has 0 atom stereocenters. The number of hydrogen-bond acceptors (Lipinski definition) is 1. The zero-order valence-electron chi connectivity index (χ0n) is 9.21. The molecule has 0 amide bonds. The number of alkyl halides is 4. The summed E-state index contributed by atoms with van der Waals surface area (Å²) in [7, 11) is 0. The van der Waals surface area contributed by atoms with Gasteiger partial charge in [0, 0.05) is 17.6 Å². The van der Waals surface area contributed by atoms with Crippen molar-refractivity contribution in [1.29, 1.82) is 0 Å². The van der Waals surface area contributed by atoms with Crippen LogP contribution in [0.3, 0.4) is 0 Å². The van der Waals surface area contributed by atoms with Crippen LogP contribution < -0.4 is 0 Å². The number of aromatic nitrogens is 1. The average molecular weight is 272 g/mol. The van der Waals surface area contributed by atoms with Gasteiger partial charge in [-0.1, -0.05) is 18.2 Å². The van der Waals surface area contributed by atoms with Gasteiger partial charge in [0.2, 0.25) is 0 Å². The Morgan fingerprint density at radius 1 is 1.00 bits per heavy atom. The van der Waals surface area contributed by atoms with Crippen LogP contribution in [0.4, 0.5) is 13.2 Å². The van der Waals surface area contributed by atoms with E-state index in [0.29, 0.717) is 17.1 Å². The van der Waals surface area contributed by atoms with Gasteiger partial charge in [-0.2, -0.15) is 13.2 Å². The minimum Gasteiger partial charge on any atom is -0.256 e. The standard InChI is InChI=1S/C13H9ClF3N/c14-7-9-1-6-12(18-8-9)10-2-4-11(5-3-10)13(15,16)17/h1-6,8H,7H2. The van der Waals surface area contributed by atoms with E-state index in [-0.39, 0.29) is 0 Å². The van der Waals surface area contributed by atoms with Gasteiger partial charge < -0.3 is 0 Å². The Morgan fingerprint density at radius 2 is 1.67 bits per heavy atom. The van der Waals surface area contributed by atoms with Crippen molar-refractivity contribution in [2.75, 3.05) is 0 Å². The molecule has 0 unspecified atom stereocenters. The van der Waals surface area contributed by atoms with Crippen molar-refractivity contribution in [1.82, 2.24) is 4.98 Å². The first-order valence-electron chi connectivity index (χ1n) is 5.19. The van der Waals surface area contributed by atoms with E-state index in [1.165, 1.54) is 12.1 Å². The van der Waals surface area contributed by atoms with Crippen LogP contribution in [-0.4, -0.2) is 4.98 Å². The van der Waals surface area contributed by atoms with Crippen molar-refractivity contribution >= 4 is 11.6 Å². The predicted molar refractivity (Wildman–Crippen MR) is 64.2 cm³/mol. The summed E-state index contributed by atoms with van der Waals surface area (Å²) in [5.41, 5.74) is 1.47. The normalized spacial score (nSPS) is 11.6. The molecule has 0 bridgehead atoms. The Bertz CT molecular complexity index is 517. The van der Waals surface area contributed by atoms with Crippen molar-refractivity contribution < 1.29 is 13.2 Å². The summed E-state index contributed by atoms with van der Waals surface area (Å²) in [6.07, 6.45) is -2.70. The molecule has 0 radical (unpaired) electrons. The molecule has 2 aromatic rings. The lowest BCUT2D eigenvalue weighted by atomic mass is 10.1. The summed E-state index contributed by atoms with van der Waals surface area (Å²) in [5, 5.41) is 0. The number of rotatable bonds is 2. The molecule has 0 spiro atoms. The maximum absolute atomic E-state index is 12.4. The lowest BCUT2D eigenvalue weighted by Crippen LogP contribution is -2.04. The van der Waals surface area contributed by atoms with Crippen molar-refractivity contribution in [2.24, 2.45) is 0 Å². The second-order valence-corrected chi connectivity index (χ2v) is 4.03. The lowest BCUT2D eigenvalue weighted by Gasteiger charge is -2.07. The summed E-state index contributed by atoms with van der Waals surface area (Å²) in [6.45, 7) is 0. The molecular formula is C13H9ClF3N. The quantitative estimate of drug-likeness (QED) is 0.733. The van der Waals surface area contributed by atoms with Crippen molar-refractivity contribution in [2.45, 2.75) is 12.1 Å². The molecule has 2 rings (SSSR count). The van der Waals surface area contributed by atoms with Crippen LogP contribution in [-0.2, 0) is 12.1 Å². The maximum atomic E-state index is 12.4. The minimum atomic E-state index is -4.31. The van der Waals surface area contributed by atoms with Gasteiger partial charge in [-0.25, -0.2) is 0 Å². The highest BCUT2D eigenvalue weighted by molar-refractivity contribution is 6.17. The molecule has 0 aliphatic carbocycles. The zero-order chi connectivity index (χ0) is 13.2. The highest BCUT2D eigenvalue weighted by Crippen LogP contribution is 2.30. The van der Waals surface area contributed by atoms with Gasteiger partial charge in [0.1, 0.15) is 0 Å². The molecule has 94 valence electrons. The molecule has 1 aromatic carbocycles. The highest BCUT2D eigenvalue weighted by Gasteiger charge is 2.29. The summed E-state index contributed by atoms with van der Waals surface area (Å²) in [5.74, 6) is 0.361. The predicted octanol–water partition coefficient (Wildman–Crippen LogP) is 4.51. The smallest absolute Gasteiger partial charge is 0.256 e. The number of benzene rings is 1. The molecule has 0 aliphatic rings. The van der Waals surface area contributed by atoms with Crippen molar-refractivity contribution in [3.05, 3.63) is 53.7 Å². The van der Waals surface area contributed by atoms with Crippen LogP contribution in [0.15, 0.2) is 42.6 Å². The maximum Gasteiger partial charge on any atom is 0.416 e. The fourth-order valence-corrected chi connectivity index (χ4v) is 1.66. The second-order valence-electron chi connectivity index (χ2n) is 3.76. The molecule has 0 fully saturated rings. The van der Waals surface area contributed by atoms with Gasteiger partial charge in [-0.3, -0.25) is 4.98 Å². The molecule has 0 N–H and O–H groups in total. The molecule has 0 aliphatic heterocycles. The van der Waals surface area contributed by atoms with Crippen LogP contribution >= 0.6 is 11.6 Å². The van der Waals surface area contributed by atoms with Crippen molar-refractivity contribution in [3.63, 3.8) is 0 Å². The minimum absolute atomic E-state index is 0.361. The first-order chi connectivity index (χ1) is 8.50. The van der Waals surface area contributed by atoms with E-state index in [2.05, 4.69) is 4.98 Å². The largest absolute Gasteiger partial charge is 0.416 e. The van der Waals surface area contributed by atoms with Crippen LogP contribution in [0.2, 0.25) is 0 Å². The summed E-state index contributed by atoms with van der Waals surface area (Å²) in [4.78, 5) is 4.15. The molecule has 1 aromatic heterocycles. The van der Waals surface area contributed by atoms with E-state index in [1.807, 2.05) is 0 Å². The number of pyridine rings is 1. The number of hydrogen-bond donors (Lipinski definition) is 0. The highest BCUT2D eigenvalue weighted by atomic mass is 35.5. The Hall–Kier alpha value is -1.55. The molecular weight excluding hydrogens is 263 g/mol. The first-order valence-corrected chi connectivity index (χ1v) is 5.72. The van der Waals surface area contributed by atoms with Crippen LogP contribution in [0.5, 0.6) is 0 Å². The molecule has 18 heavy (non-hydrogen) atoms.